The lowest BCUT2D eigenvalue weighted by atomic mass is 10.1. The molecule has 8 heteroatoms. The lowest BCUT2D eigenvalue weighted by Gasteiger charge is -2.14. The molecule has 0 aliphatic carbocycles. The van der Waals surface area contributed by atoms with Gasteiger partial charge in [-0.25, -0.2) is 0 Å². The Labute approximate surface area is 159 Å². The topological polar surface area (TPSA) is 99.5 Å². The van der Waals surface area contributed by atoms with Gasteiger partial charge in [0.25, 0.3) is 11.1 Å². The van der Waals surface area contributed by atoms with Gasteiger partial charge in [0.2, 0.25) is 5.91 Å². The fourth-order valence-corrected chi connectivity index (χ4v) is 3.32. The molecule has 7 nitrogen and oxygen atoms in total. The molecule has 0 atom stereocenters. The first-order chi connectivity index (χ1) is 13.0. The van der Waals surface area contributed by atoms with Crippen LogP contribution in [-0.2, 0) is 11.3 Å². The van der Waals surface area contributed by atoms with E-state index in [-0.39, 0.29) is 23.4 Å². The van der Waals surface area contributed by atoms with Crippen molar-refractivity contribution in [2.45, 2.75) is 6.54 Å². The minimum absolute atomic E-state index is 0.124. The summed E-state index contributed by atoms with van der Waals surface area (Å²) < 4.78 is 5.21. The maximum Gasteiger partial charge on any atom is 0.289 e. The quantitative estimate of drug-likeness (QED) is 0.855. The average Bonchev–Trinajstić information content (AvgIpc) is 3.00. The van der Waals surface area contributed by atoms with Crippen LogP contribution in [0.5, 0.6) is 5.75 Å². The fourth-order valence-electron chi connectivity index (χ4n) is 2.60. The number of benzene rings is 2. The van der Waals surface area contributed by atoms with Gasteiger partial charge in [-0.05, 0) is 35.9 Å². The SMILES string of the molecule is COc1ccc(C#N)cc1NC(=O)c1cccc(CN2C(=O)CSC2=O)c1. The highest BCUT2D eigenvalue weighted by Gasteiger charge is 2.29. The first-order valence-electron chi connectivity index (χ1n) is 7.97. The summed E-state index contributed by atoms with van der Waals surface area (Å²) in [5.41, 5.74) is 1.81. The van der Waals surface area contributed by atoms with Crippen LogP contribution in [0.1, 0.15) is 21.5 Å². The van der Waals surface area contributed by atoms with Crippen molar-refractivity contribution in [1.82, 2.24) is 4.90 Å². The van der Waals surface area contributed by atoms with Crippen molar-refractivity contribution >= 4 is 34.5 Å². The summed E-state index contributed by atoms with van der Waals surface area (Å²) in [6, 6.07) is 13.4. The van der Waals surface area contributed by atoms with Crippen molar-refractivity contribution in [3.63, 3.8) is 0 Å². The van der Waals surface area contributed by atoms with Gasteiger partial charge < -0.3 is 10.1 Å². The number of rotatable bonds is 5. The number of imide groups is 1. The number of ether oxygens (including phenoxy) is 1. The second kappa shape index (κ2) is 7.93. The summed E-state index contributed by atoms with van der Waals surface area (Å²) in [4.78, 5) is 37.2. The number of methoxy groups -OCH3 is 1. The van der Waals surface area contributed by atoms with Gasteiger partial charge in [0.1, 0.15) is 5.75 Å². The van der Waals surface area contributed by atoms with Gasteiger partial charge in [-0.15, -0.1) is 0 Å². The van der Waals surface area contributed by atoms with Gasteiger partial charge in [0.05, 0.1) is 36.7 Å². The molecule has 27 heavy (non-hydrogen) atoms. The van der Waals surface area contributed by atoms with Crippen LogP contribution >= 0.6 is 11.8 Å². The van der Waals surface area contributed by atoms with Crippen LogP contribution in [0.4, 0.5) is 10.5 Å². The van der Waals surface area contributed by atoms with Crippen molar-refractivity contribution in [2.24, 2.45) is 0 Å². The highest BCUT2D eigenvalue weighted by molar-refractivity contribution is 8.14. The van der Waals surface area contributed by atoms with E-state index in [0.29, 0.717) is 28.1 Å². The van der Waals surface area contributed by atoms with Gasteiger partial charge in [-0.1, -0.05) is 23.9 Å². The summed E-state index contributed by atoms with van der Waals surface area (Å²) >= 11 is 0.970. The Morgan fingerprint density at radius 1 is 1.30 bits per heavy atom. The summed E-state index contributed by atoms with van der Waals surface area (Å²) in [7, 11) is 1.47. The van der Waals surface area contributed by atoms with E-state index >= 15 is 0 Å². The molecule has 0 bridgehead atoms. The Hall–Kier alpha value is -3.31. The number of amides is 3. The Bertz CT molecular complexity index is 952. The molecule has 1 fully saturated rings. The number of anilines is 1. The van der Waals surface area contributed by atoms with Crippen LogP contribution in [0.2, 0.25) is 0 Å². The van der Waals surface area contributed by atoms with Crippen molar-refractivity contribution in [3.05, 3.63) is 59.2 Å². The number of nitrogens with one attached hydrogen (secondary N) is 1. The lowest BCUT2D eigenvalue weighted by Crippen LogP contribution is -2.28. The van der Waals surface area contributed by atoms with E-state index in [1.54, 1.807) is 36.4 Å². The van der Waals surface area contributed by atoms with Crippen molar-refractivity contribution < 1.29 is 19.1 Å². The molecule has 136 valence electrons. The summed E-state index contributed by atoms with van der Waals surface area (Å²) in [6.07, 6.45) is 0. The van der Waals surface area contributed by atoms with Gasteiger partial charge in [0, 0.05) is 5.56 Å². The zero-order chi connectivity index (χ0) is 19.4. The van der Waals surface area contributed by atoms with Gasteiger partial charge >= 0.3 is 0 Å². The molecule has 3 rings (SSSR count). The smallest absolute Gasteiger partial charge is 0.289 e. The molecule has 0 saturated carbocycles. The number of nitriles is 1. The van der Waals surface area contributed by atoms with E-state index in [9.17, 15) is 14.4 Å². The number of nitrogens with zero attached hydrogens (tertiary/aromatic N) is 2. The molecule has 0 aromatic heterocycles. The van der Waals surface area contributed by atoms with Gasteiger partial charge in [-0.3, -0.25) is 19.3 Å². The predicted molar refractivity (Wildman–Crippen MR) is 101 cm³/mol. The number of hydrogen-bond acceptors (Lipinski definition) is 6. The van der Waals surface area contributed by atoms with Crippen molar-refractivity contribution in [3.8, 4) is 11.8 Å². The van der Waals surface area contributed by atoms with Crippen LogP contribution in [0, 0.1) is 11.3 Å². The van der Waals surface area contributed by atoms with Crippen molar-refractivity contribution in [1.29, 1.82) is 5.26 Å². The van der Waals surface area contributed by atoms with E-state index in [2.05, 4.69) is 5.32 Å². The monoisotopic (exact) mass is 381 g/mol. The maximum absolute atomic E-state index is 12.6. The maximum atomic E-state index is 12.6. The Kier molecular flexibility index (Phi) is 5.43. The molecule has 1 saturated heterocycles. The Morgan fingerprint density at radius 2 is 2.11 bits per heavy atom. The second-order valence-corrected chi connectivity index (χ2v) is 6.64. The minimum atomic E-state index is -0.390. The molecular formula is C19H15N3O4S. The Balaban J connectivity index is 1.79. The fraction of sp³-hybridized carbons (Fsp3) is 0.158. The zero-order valence-electron chi connectivity index (χ0n) is 14.4. The van der Waals surface area contributed by atoms with Crippen LogP contribution in [-0.4, -0.2) is 34.8 Å². The molecule has 0 spiro atoms. The Morgan fingerprint density at radius 3 is 2.78 bits per heavy atom. The van der Waals surface area contributed by atoms with E-state index in [1.165, 1.54) is 18.1 Å². The third kappa shape index (κ3) is 4.10. The molecular weight excluding hydrogens is 366 g/mol. The molecule has 2 aromatic rings. The highest BCUT2D eigenvalue weighted by atomic mass is 32.2. The van der Waals surface area contributed by atoms with Crippen LogP contribution in [0.25, 0.3) is 0 Å². The number of hydrogen-bond donors (Lipinski definition) is 1. The first kappa shape index (κ1) is 18.5. The largest absolute Gasteiger partial charge is 0.495 e. The minimum Gasteiger partial charge on any atom is -0.495 e. The average molecular weight is 381 g/mol. The molecule has 3 amide bonds. The van der Waals surface area contributed by atoms with Gasteiger partial charge in [-0.2, -0.15) is 5.26 Å². The lowest BCUT2D eigenvalue weighted by molar-refractivity contribution is -0.125. The summed E-state index contributed by atoms with van der Waals surface area (Å²) in [6.45, 7) is 0.124. The van der Waals surface area contributed by atoms with Crippen molar-refractivity contribution in [2.75, 3.05) is 18.2 Å². The third-order valence-corrected chi connectivity index (χ3v) is 4.81. The first-order valence-corrected chi connectivity index (χ1v) is 8.96. The van der Waals surface area contributed by atoms with Crippen LogP contribution in [0.3, 0.4) is 0 Å². The number of carbonyl (C=O) groups is 3. The zero-order valence-corrected chi connectivity index (χ0v) is 15.2. The van der Waals surface area contributed by atoms with E-state index in [0.717, 1.165) is 11.8 Å². The highest BCUT2D eigenvalue weighted by Crippen LogP contribution is 2.26. The third-order valence-electron chi connectivity index (χ3n) is 3.95. The molecule has 2 aromatic carbocycles. The summed E-state index contributed by atoms with van der Waals surface area (Å²) in [5.74, 6) is -0.0472. The molecule has 1 aliphatic rings. The number of thioether (sulfide) groups is 1. The molecule has 0 radical (unpaired) electrons. The van der Waals surface area contributed by atoms with E-state index in [4.69, 9.17) is 10.00 Å². The van der Waals surface area contributed by atoms with Crippen LogP contribution < -0.4 is 10.1 Å². The molecule has 1 aliphatic heterocycles. The second-order valence-electron chi connectivity index (χ2n) is 5.72. The molecule has 0 unspecified atom stereocenters. The van der Waals surface area contributed by atoms with Gasteiger partial charge in [0.15, 0.2) is 0 Å². The summed E-state index contributed by atoms with van der Waals surface area (Å²) in [5, 5.41) is 11.5. The molecule has 1 N–H and O–H groups in total. The number of carbonyl (C=O) groups excluding carboxylic acids is 3. The van der Waals surface area contributed by atoms with E-state index < -0.39 is 5.91 Å². The van der Waals surface area contributed by atoms with Crippen LogP contribution in [0.15, 0.2) is 42.5 Å². The molecule has 1 heterocycles. The predicted octanol–water partition coefficient (Wildman–Crippen LogP) is 3.01. The van der Waals surface area contributed by atoms with E-state index in [1.807, 2.05) is 6.07 Å². The standard InChI is InChI=1S/C19H15N3O4S/c1-26-16-6-5-12(9-20)8-15(16)21-18(24)14-4-2-3-13(7-14)10-22-17(23)11-27-19(22)25/h2-8H,10-11H2,1H3,(H,21,24). The normalized spacial score (nSPS) is 13.4.